The number of carbonyl (C=O) groups excluding carboxylic acids is 1. The van der Waals surface area contributed by atoms with Crippen molar-refractivity contribution in [3.05, 3.63) is 29.3 Å². The molecule has 3 rings (SSSR count). The number of nitrogens with zero attached hydrogens (tertiary/aromatic N) is 2. The van der Waals surface area contributed by atoms with Crippen molar-refractivity contribution in [2.75, 3.05) is 42.6 Å². The minimum absolute atomic E-state index is 0.0201. The molecule has 2 saturated heterocycles. The van der Waals surface area contributed by atoms with Gasteiger partial charge in [-0.15, -0.1) is 0 Å². The lowest BCUT2D eigenvalue weighted by Gasteiger charge is -2.38. The van der Waals surface area contributed by atoms with Gasteiger partial charge in [-0.25, -0.2) is 8.42 Å². The van der Waals surface area contributed by atoms with Gasteiger partial charge in [-0.05, 0) is 37.5 Å². The van der Waals surface area contributed by atoms with Crippen LogP contribution < -0.4 is 4.90 Å². The summed E-state index contributed by atoms with van der Waals surface area (Å²) in [5, 5.41) is 0. The Bertz CT molecular complexity index is 707. The van der Waals surface area contributed by atoms with Crippen LogP contribution in [0.15, 0.2) is 18.2 Å². The summed E-state index contributed by atoms with van der Waals surface area (Å²) in [5.74, 6) is -0.117. The van der Waals surface area contributed by atoms with Crippen molar-refractivity contribution in [2.24, 2.45) is 5.92 Å². The molecule has 1 aromatic rings. The minimum atomic E-state index is -3.00. The predicted molar refractivity (Wildman–Crippen MR) is 91.5 cm³/mol. The van der Waals surface area contributed by atoms with Crippen molar-refractivity contribution in [3.63, 3.8) is 0 Å². The van der Waals surface area contributed by atoms with Crippen LogP contribution in [-0.4, -0.2) is 56.9 Å². The molecule has 1 atom stereocenters. The molecule has 0 aromatic heterocycles. The van der Waals surface area contributed by atoms with Gasteiger partial charge in [0, 0.05) is 31.9 Å². The van der Waals surface area contributed by atoms with Crippen molar-refractivity contribution >= 4 is 21.4 Å². The molecule has 0 bridgehead atoms. The number of hydrogen-bond acceptors (Lipinski definition) is 4. The lowest BCUT2D eigenvalue weighted by atomic mass is 10.1. The first-order chi connectivity index (χ1) is 10.9. The van der Waals surface area contributed by atoms with Crippen LogP contribution in [0.25, 0.3) is 0 Å². The van der Waals surface area contributed by atoms with Crippen molar-refractivity contribution in [1.29, 1.82) is 0 Å². The van der Waals surface area contributed by atoms with Crippen LogP contribution in [0.2, 0.25) is 0 Å². The van der Waals surface area contributed by atoms with E-state index < -0.39 is 9.84 Å². The summed E-state index contributed by atoms with van der Waals surface area (Å²) < 4.78 is 23.1. The number of benzene rings is 1. The molecule has 1 unspecified atom stereocenters. The van der Waals surface area contributed by atoms with Crippen molar-refractivity contribution < 1.29 is 13.2 Å². The maximum absolute atomic E-state index is 12.5. The van der Waals surface area contributed by atoms with Crippen molar-refractivity contribution in [2.45, 2.75) is 20.3 Å². The Kier molecular flexibility index (Phi) is 4.36. The third kappa shape index (κ3) is 3.37. The zero-order valence-electron chi connectivity index (χ0n) is 13.8. The lowest BCUT2D eigenvalue weighted by Crippen LogP contribution is -2.50. The molecule has 2 fully saturated rings. The quantitative estimate of drug-likeness (QED) is 0.819. The Hall–Kier alpha value is -1.56. The Balaban J connectivity index is 1.62. The van der Waals surface area contributed by atoms with E-state index in [1.807, 2.05) is 4.90 Å². The third-order valence-corrected chi connectivity index (χ3v) is 6.86. The van der Waals surface area contributed by atoms with Gasteiger partial charge < -0.3 is 9.80 Å². The summed E-state index contributed by atoms with van der Waals surface area (Å²) in [7, 11) is -3.00. The maximum Gasteiger partial charge on any atom is 0.226 e. The first-order valence-electron chi connectivity index (χ1n) is 8.18. The third-order valence-electron chi connectivity index (χ3n) is 5.09. The molecule has 1 aromatic carbocycles. The van der Waals surface area contributed by atoms with E-state index >= 15 is 0 Å². The van der Waals surface area contributed by atoms with Gasteiger partial charge in [-0.1, -0.05) is 12.1 Å². The summed E-state index contributed by atoms with van der Waals surface area (Å²) in [4.78, 5) is 16.7. The Morgan fingerprint density at radius 2 is 1.83 bits per heavy atom. The van der Waals surface area contributed by atoms with E-state index in [0.29, 0.717) is 19.5 Å². The van der Waals surface area contributed by atoms with E-state index in [0.717, 1.165) is 13.1 Å². The van der Waals surface area contributed by atoms with Gasteiger partial charge in [0.25, 0.3) is 0 Å². The fourth-order valence-corrected chi connectivity index (χ4v) is 5.23. The topological polar surface area (TPSA) is 57.7 Å². The van der Waals surface area contributed by atoms with E-state index in [1.54, 1.807) is 0 Å². The van der Waals surface area contributed by atoms with E-state index in [-0.39, 0.29) is 23.3 Å². The average Bonchev–Trinajstić information content (AvgIpc) is 2.90. The molecule has 0 radical (unpaired) electrons. The zero-order valence-corrected chi connectivity index (χ0v) is 14.6. The highest BCUT2D eigenvalue weighted by atomic mass is 32.2. The molecule has 1 amide bonds. The molecule has 2 aliphatic heterocycles. The molecule has 23 heavy (non-hydrogen) atoms. The molecule has 126 valence electrons. The SMILES string of the molecule is Cc1cccc(N2CCN(C(=O)C3CCS(=O)(=O)C3)CC2)c1C. The summed E-state index contributed by atoms with van der Waals surface area (Å²) in [5.41, 5.74) is 3.80. The van der Waals surface area contributed by atoms with Crippen LogP contribution in [0.1, 0.15) is 17.5 Å². The number of anilines is 1. The smallest absolute Gasteiger partial charge is 0.226 e. The maximum atomic E-state index is 12.5. The average molecular weight is 336 g/mol. The monoisotopic (exact) mass is 336 g/mol. The van der Waals surface area contributed by atoms with Crippen LogP contribution in [0, 0.1) is 19.8 Å². The summed E-state index contributed by atoms with van der Waals surface area (Å²) >= 11 is 0. The predicted octanol–water partition coefficient (Wildman–Crippen LogP) is 1.39. The molecule has 0 N–H and O–H groups in total. The van der Waals surface area contributed by atoms with Gasteiger partial charge in [0.05, 0.1) is 17.4 Å². The molecule has 5 nitrogen and oxygen atoms in total. The highest BCUT2D eigenvalue weighted by Gasteiger charge is 2.36. The Labute approximate surface area is 138 Å². The lowest BCUT2D eigenvalue weighted by molar-refractivity contribution is -0.135. The molecule has 2 aliphatic rings. The fraction of sp³-hybridized carbons (Fsp3) is 0.588. The number of aryl methyl sites for hydroxylation is 1. The first kappa shape index (κ1) is 16.3. The molecular weight excluding hydrogens is 312 g/mol. The summed E-state index contributed by atoms with van der Waals surface area (Å²) in [6.45, 7) is 7.18. The number of rotatable bonds is 2. The highest BCUT2D eigenvalue weighted by molar-refractivity contribution is 7.91. The van der Waals surface area contributed by atoms with Gasteiger partial charge in [0.2, 0.25) is 5.91 Å². The molecular formula is C17H24N2O3S. The molecule has 0 spiro atoms. The van der Waals surface area contributed by atoms with E-state index in [4.69, 9.17) is 0 Å². The zero-order chi connectivity index (χ0) is 16.6. The normalized spacial score (nSPS) is 24.0. The van der Waals surface area contributed by atoms with E-state index in [9.17, 15) is 13.2 Å². The van der Waals surface area contributed by atoms with Crippen molar-refractivity contribution in [1.82, 2.24) is 4.90 Å². The standard InChI is InChI=1S/C17H24N2O3S/c1-13-4-3-5-16(14(13)2)18-7-9-19(10-8-18)17(20)15-6-11-23(21,22)12-15/h3-5,15H,6-12H2,1-2H3. The molecule has 0 aliphatic carbocycles. The second-order valence-electron chi connectivity index (χ2n) is 6.63. The molecule has 6 heteroatoms. The molecule has 0 saturated carbocycles. The summed E-state index contributed by atoms with van der Waals surface area (Å²) in [6, 6.07) is 6.31. The van der Waals surface area contributed by atoms with Gasteiger partial charge in [-0.3, -0.25) is 4.79 Å². The highest BCUT2D eigenvalue weighted by Crippen LogP contribution is 2.25. The Morgan fingerprint density at radius 1 is 1.13 bits per heavy atom. The van der Waals surface area contributed by atoms with Crippen LogP contribution in [0.4, 0.5) is 5.69 Å². The molecule has 2 heterocycles. The van der Waals surface area contributed by atoms with Crippen LogP contribution in [0.5, 0.6) is 0 Å². The van der Waals surface area contributed by atoms with E-state index in [1.165, 1.54) is 16.8 Å². The van der Waals surface area contributed by atoms with Gasteiger partial charge in [0.1, 0.15) is 0 Å². The van der Waals surface area contributed by atoms with E-state index in [2.05, 4.69) is 36.9 Å². The minimum Gasteiger partial charge on any atom is -0.368 e. The van der Waals surface area contributed by atoms with Crippen LogP contribution in [0.3, 0.4) is 0 Å². The van der Waals surface area contributed by atoms with Gasteiger partial charge in [-0.2, -0.15) is 0 Å². The first-order valence-corrected chi connectivity index (χ1v) is 10.00. The number of piperazine rings is 1. The Morgan fingerprint density at radius 3 is 2.43 bits per heavy atom. The second-order valence-corrected chi connectivity index (χ2v) is 8.86. The van der Waals surface area contributed by atoms with Gasteiger partial charge >= 0.3 is 0 Å². The van der Waals surface area contributed by atoms with Gasteiger partial charge in [0.15, 0.2) is 9.84 Å². The van der Waals surface area contributed by atoms with Crippen molar-refractivity contribution in [3.8, 4) is 0 Å². The fourth-order valence-electron chi connectivity index (χ4n) is 3.49. The van der Waals surface area contributed by atoms with Crippen LogP contribution in [-0.2, 0) is 14.6 Å². The number of carbonyl (C=O) groups is 1. The number of hydrogen-bond donors (Lipinski definition) is 0. The number of amides is 1. The summed E-state index contributed by atoms with van der Waals surface area (Å²) in [6.07, 6.45) is 0.484. The second kappa shape index (κ2) is 6.15. The number of sulfone groups is 1. The van der Waals surface area contributed by atoms with Crippen LogP contribution >= 0.6 is 0 Å². The largest absolute Gasteiger partial charge is 0.368 e.